The summed E-state index contributed by atoms with van der Waals surface area (Å²) in [5.74, 6) is 1.78. The van der Waals surface area contributed by atoms with Crippen molar-refractivity contribution in [3.05, 3.63) is 234 Å². The van der Waals surface area contributed by atoms with Crippen molar-refractivity contribution in [1.29, 1.82) is 0 Å². The molecule has 398 valence electrons. The second-order valence-electron chi connectivity index (χ2n) is 24.1. The van der Waals surface area contributed by atoms with Crippen molar-refractivity contribution >= 4 is 32.8 Å². The van der Waals surface area contributed by atoms with E-state index in [4.69, 9.17) is 17.9 Å². The second-order valence-corrected chi connectivity index (χ2v) is 24.1. The van der Waals surface area contributed by atoms with Gasteiger partial charge in [-0.3, -0.25) is 4.57 Å². The van der Waals surface area contributed by atoms with Gasteiger partial charge in [-0.2, -0.15) is 18.2 Å². The van der Waals surface area contributed by atoms with Crippen molar-refractivity contribution in [1.82, 2.24) is 14.1 Å². The first-order valence-electron chi connectivity index (χ1n) is 30.1. The molecule has 5 nitrogen and oxygen atoms in total. The van der Waals surface area contributed by atoms with Gasteiger partial charge in [0.05, 0.1) is 16.7 Å². The largest absolute Gasteiger partial charge is 0.510 e. The average Bonchev–Trinajstić information content (AvgIpc) is 1.51. The summed E-state index contributed by atoms with van der Waals surface area (Å²) in [5, 5.41) is 2.11. The minimum Gasteiger partial charge on any atom is -0.510 e. The molecule has 9 aromatic carbocycles. The summed E-state index contributed by atoms with van der Waals surface area (Å²) in [7, 11) is 0. The summed E-state index contributed by atoms with van der Waals surface area (Å²) in [6.45, 7) is 14.5. The molecule has 0 radical (unpaired) electrons. The van der Waals surface area contributed by atoms with E-state index in [0.717, 1.165) is 94.4 Å². The van der Waals surface area contributed by atoms with Crippen LogP contribution in [0, 0.1) is 32.2 Å². The molecular formula is C74H64N4OPt-2. The van der Waals surface area contributed by atoms with Gasteiger partial charge in [0.2, 0.25) is 0 Å². The molecule has 13 rings (SSSR count). The average molecular weight is 1230 g/mol. The van der Waals surface area contributed by atoms with E-state index < -0.39 is 19.1 Å². The number of pyridine rings is 1. The van der Waals surface area contributed by atoms with E-state index >= 15 is 0 Å². The third-order valence-electron chi connectivity index (χ3n) is 15.7. The second kappa shape index (κ2) is 19.6. The number of para-hydroxylation sites is 1. The van der Waals surface area contributed by atoms with E-state index in [9.17, 15) is 0 Å². The third kappa shape index (κ3) is 9.01. The van der Waals surface area contributed by atoms with E-state index in [0.29, 0.717) is 22.7 Å². The molecule has 0 aliphatic carbocycles. The Hall–Kier alpha value is -8.11. The molecule has 0 saturated carbocycles. The van der Waals surface area contributed by atoms with Crippen molar-refractivity contribution in [2.75, 3.05) is 0 Å². The summed E-state index contributed by atoms with van der Waals surface area (Å²) in [5.41, 5.74) is 15.9. The van der Waals surface area contributed by atoms with Crippen LogP contribution in [0.4, 0.5) is 0 Å². The van der Waals surface area contributed by atoms with Crippen LogP contribution in [0.3, 0.4) is 0 Å². The van der Waals surface area contributed by atoms with Gasteiger partial charge in [-0.25, -0.2) is 4.98 Å². The molecule has 1 aliphatic heterocycles. The summed E-state index contributed by atoms with van der Waals surface area (Å²) >= 11 is 0. The number of hydrogen-bond donors (Lipinski definition) is 0. The maximum atomic E-state index is 8.80. The van der Waals surface area contributed by atoms with Gasteiger partial charge in [0.1, 0.15) is 5.82 Å². The van der Waals surface area contributed by atoms with Crippen molar-refractivity contribution < 1.29 is 38.6 Å². The van der Waals surface area contributed by atoms with E-state index in [1.54, 1.807) is 0 Å². The van der Waals surface area contributed by atoms with Gasteiger partial charge in [0, 0.05) is 52.5 Å². The Balaban J connectivity index is 0.00000724. The Morgan fingerprint density at radius 3 is 1.80 bits per heavy atom. The Labute approximate surface area is 493 Å². The molecule has 12 aromatic rings. The number of benzene rings is 9. The molecule has 0 spiro atoms. The van der Waals surface area contributed by atoms with Gasteiger partial charge in [-0.15, -0.1) is 29.7 Å². The van der Waals surface area contributed by atoms with Gasteiger partial charge < -0.3 is 13.9 Å². The molecule has 80 heavy (non-hydrogen) atoms. The van der Waals surface area contributed by atoms with Gasteiger partial charge in [-0.05, 0) is 155 Å². The molecule has 6 heteroatoms. The van der Waals surface area contributed by atoms with Crippen LogP contribution in [-0.2, 0) is 37.3 Å². The summed E-state index contributed by atoms with van der Waals surface area (Å²) in [6.07, 6.45) is 5.81. The monoisotopic (exact) mass is 1230 g/mol. The number of fused-ring (bicyclic) bond motifs is 10. The van der Waals surface area contributed by atoms with Crippen molar-refractivity contribution in [3.63, 3.8) is 0 Å². The Morgan fingerprint density at radius 1 is 0.500 bits per heavy atom. The number of ether oxygens (including phenoxy) is 1. The van der Waals surface area contributed by atoms with Gasteiger partial charge in [0.25, 0.3) is 6.33 Å². The van der Waals surface area contributed by atoms with Gasteiger partial charge in [0.15, 0.2) is 0 Å². The smallest absolute Gasteiger partial charge is 0.268 e. The van der Waals surface area contributed by atoms with Crippen molar-refractivity contribution in [3.8, 4) is 84.3 Å². The third-order valence-corrected chi connectivity index (χ3v) is 15.7. The first kappa shape index (κ1) is 45.7. The molecule has 0 atom stereocenters. The zero-order valence-corrected chi connectivity index (χ0v) is 48.7. The standard InChI is InChI=1S/C74H64N4O.Pt/c1-46-20-18-21-47(2)69(46)50-39-62-58-26-14-12-24-56(58)57-25-13-15-27-59(57)63-38-49(48-30-32-51(33-31-48)72(3,4)5)41-67-71(63)77(70(62)64(40-50)74(9,10)11)45-76(67)53-22-19-23-54(43-53)79-55-34-35-61-60-28-16-17-29-65(60)78(66(61)44-55)68-42-52(36-37-75-68)73(6,7)8;/h12-42H,1-11H3;/q-2;/i1D3,2D3;. The molecule has 0 fully saturated rings. The van der Waals surface area contributed by atoms with Crippen LogP contribution in [0.5, 0.6) is 11.5 Å². The van der Waals surface area contributed by atoms with Gasteiger partial charge >= 0.3 is 0 Å². The van der Waals surface area contributed by atoms with E-state index in [-0.39, 0.29) is 48.6 Å². The number of nitrogens with zero attached hydrogens (tertiary/aromatic N) is 4. The molecule has 0 saturated heterocycles. The van der Waals surface area contributed by atoms with Crippen LogP contribution in [-0.4, -0.2) is 14.1 Å². The number of hydrogen-bond acceptors (Lipinski definition) is 2. The quantitative estimate of drug-likeness (QED) is 0.123. The summed E-state index contributed by atoms with van der Waals surface area (Å²) < 4.78 is 66.0. The van der Waals surface area contributed by atoms with E-state index in [1.165, 1.54) is 29.3 Å². The summed E-state index contributed by atoms with van der Waals surface area (Å²) in [6, 6.07) is 68.6. The van der Waals surface area contributed by atoms with E-state index in [2.05, 4.69) is 204 Å². The van der Waals surface area contributed by atoms with Crippen LogP contribution in [0.2, 0.25) is 0 Å². The maximum absolute atomic E-state index is 8.80. The zero-order chi connectivity index (χ0) is 59.7. The fourth-order valence-electron chi connectivity index (χ4n) is 11.6. The minimum absolute atomic E-state index is 0. The Bertz CT molecular complexity index is 4630. The zero-order valence-electron chi connectivity index (χ0n) is 52.4. The number of rotatable bonds is 6. The fraction of sp³-hybridized carbons (Fsp3) is 0.189. The van der Waals surface area contributed by atoms with Crippen LogP contribution >= 0.6 is 0 Å². The normalized spacial score (nSPS) is 13.8. The molecule has 0 bridgehead atoms. The molecule has 0 N–H and O–H groups in total. The maximum Gasteiger partial charge on any atom is 0.268 e. The van der Waals surface area contributed by atoms with Crippen LogP contribution in [0.25, 0.3) is 106 Å². The Kier molecular flexibility index (Phi) is 11.2. The molecule has 4 heterocycles. The van der Waals surface area contributed by atoms with Crippen molar-refractivity contribution in [2.24, 2.45) is 0 Å². The summed E-state index contributed by atoms with van der Waals surface area (Å²) in [4.78, 5) is 4.90. The number of imidazole rings is 1. The first-order valence-corrected chi connectivity index (χ1v) is 27.1. The molecule has 0 amide bonds. The molecule has 1 aliphatic rings. The van der Waals surface area contributed by atoms with E-state index in [1.807, 2.05) is 60.8 Å². The molecular weight excluding hydrogens is 1160 g/mol. The predicted octanol–water partition coefficient (Wildman–Crippen LogP) is 18.7. The number of aryl methyl sites for hydroxylation is 2. The Morgan fingerprint density at radius 2 is 1.12 bits per heavy atom. The minimum atomic E-state index is -2.62. The fourth-order valence-corrected chi connectivity index (χ4v) is 11.6. The SMILES string of the molecule is [2H]C([2H])([2H])c1cccc(C([2H])([2H])[2H])c1-c1cc2c(c(C(C)(C)C)c1)-[n+]1[c-]n(-c3[c-]c(Oc4[c-]c5c(cc4)c4ccccc4n5-c4cc(C(C)(C)C)ccn4)ccc3)c3cc(-c4ccc(C(C)(C)C)cc4)cc(c31)-c1ccccc1-c1ccccc1-2.[Pt]. The van der Waals surface area contributed by atoms with Crippen LogP contribution in [0.15, 0.2) is 188 Å². The molecule has 3 aromatic heterocycles. The number of aromatic nitrogens is 4. The van der Waals surface area contributed by atoms with Crippen LogP contribution < -0.4 is 9.30 Å². The first-order chi connectivity index (χ1) is 40.3. The van der Waals surface area contributed by atoms with Crippen molar-refractivity contribution in [2.45, 2.75) is 92.3 Å². The predicted molar refractivity (Wildman–Crippen MR) is 326 cm³/mol. The topological polar surface area (TPSA) is 35.9 Å². The molecule has 0 unspecified atom stereocenters. The van der Waals surface area contributed by atoms with Gasteiger partial charge in [-0.1, -0.05) is 189 Å². The van der Waals surface area contributed by atoms with Crippen LogP contribution in [0.1, 0.15) is 98.4 Å².